The SMILES string of the molecule is CCC=CCC=CCC=CCCCCCCCC(=O)OCC(COC1OC(O)C(OC2OC(O)C(O)C(O)C2O)C(O)C1O)OC(=O)CCCCCCCC=CCC=CCC=CCC. The Kier molecular flexibility index (Phi) is 32.2. The van der Waals surface area contributed by atoms with Crippen molar-refractivity contribution in [3.8, 4) is 0 Å². The summed E-state index contributed by atoms with van der Waals surface area (Å²) >= 11 is 0. The highest BCUT2D eigenvalue weighted by molar-refractivity contribution is 5.70. The van der Waals surface area contributed by atoms with E-state index in [9.17, 15) is 45.3 Å². The molecule has 2 aliphatic rings. The number of carbonyl (C=O) groups is 2. The van der Waals surface area contributed by atoms with Gasteiger partial charge in [-0.3, -0.25) is 9.59 Å². The van der Waals surface area contributed by atoms with Crippen LogP contribution in [0.4, 0.5) is 0 Å². The smallest absolute Gasteiger partial charge is 0.306 e. The van der Waals surface area contributed by atoms with Crippen molar-refractivity contribution in [3.63, 3.8) is 0 Å². The van der Waals surface area contributed by atoms with E-state index in [1.54, 1.807) is 0 Å². The third-order valence-corrected chi connectivity index (χ3v) is 10.6. The van der Waals surface area contributed by atoms with Crippen LogP contribution in [0, 0.1) is 0 Å². The Bertz CT molecular complexity index is 1400. The molecule has 15 heteroatoms. The van der Waals surface area contributed by atoms with Crippen molar-refractivity contribution in [2.45, 2.75) is 210 Å². The van der Waals surface area contributed by atoms with Gasteiger partial charge in [0.1, 0.15) is 43.2 Å². The zero-order valence-corrected chi connectivity index (χ0v) is 38.2. The molecule has 2 heterocycles. The molecule has 2 saturated heterocycles. The molecule has 366 valence electrons. The molecule has 64 heavy (non-hydrogen) atoms. The molecule has 11 atom stereocenters. The van der Waals surface area contributed by atoms with Gasteiger partial charge in [-0.15, -0.1) is 0 Å². The lowest BCUT2D eigenvalue weighted by Gasteiger charge is -2.44. The van der Waals surface area contributed by atoms with Crippen molar-refractivity contribution in [1.82, 2.24) is 0 Å². The molecule has 0 radical (unpaired) electrons. The second-order valence-electron chi connectivity index (χ2n) is 16.2. The number of esters is 2. The van der Waals surface area contributed by atoms with Crippen LogP contribution in [-0.2, 0) is 38.0 Å². The van der Waals surface area contributed by atoms with Gasteiger partial charge in [0.05, 0.1) is 6.61 Å². The molecule has 2 aliphatic heterocycles. The molecule has 0 amide bonds. The van der Waals surface area contributed by atoms with Crippen molar-refractivity contribution >= 4 is 11.9 Å². The van der Waals surface area contributed by atoms with Crippen LogP contribution in [0.25, 0.3) is 0 Å². The minimum Gasteiger partial charge on any atom is -0.462 e. The van der Waals surface area contributed by atoms with Gasteiger partial charge < -0.3 is 64.2 Å². The Balaban J connectivity index is 1.80. The fourth-order valence-electron chi connectivity index (χ4n) is 6.80. The fourth-order valence-corrected chi connectivity index (χ4v) is 6.80. The highest BCUT2D eigenvalue weighted by Crippen LogP contribution is 2.28. The van der Waals surface area contributed by atoms with Crippen molar-refractivity contribution in [1.29, 1.82) is 0 Å². The van der Waals surface area contributed by atoms with Gasteiger partial charge in [-0.1, -0.05) is 125 Å². The van der Waals surface area contributed by atoms with E-state index in [4.69, 9.17) is 28.4 Å². The van der Waals surface area contributed by atoms with Gasteiger partial charge in [0.15, 0.2) is 31.3 Å². The quantitative estimate of drug-likeness (QED) is 0.0217. The molecule has 0 spiro atoms. The lowest BCUT2D eigenvalue weighted by atomic mass is 10.0. The number of carbonyl (C=O) groups excluding carboxylic acids is 2. The Hall–Kier alpha value is -3.06. The van der Waals surface area contributed by atoms with Gasteiger partial charge in [0, 0.05) is 12.8 Å². The predicted molar refractivity (Wildman–Crippen MR) is 242 cm³/mol. The molecule has 11 unspecified atom stereocenters. The number of hydrogen-bond donors (Lipinski definition) is 7. The van der Waals surface area contributed by atoms with E-state index in [-0.39, 0.29) is 19.4 Å². The monoisotopic (exact) mass is 909 g/mol. The van der Waals surface area contributed by atoms with Crippen molar-refractivity contribution in [2.24, 2.45) is 0 Å². The average Bonchev–Trinajstić information content (AvgIpc) is 3.28. The minimum atomic E-state index is -1.97. The van der Waals surface area contributed by atoms with E-state index in [1.165, 1.54) is 0 Å². The van der Waals surface area contributed by atoms with Gasteiger partial charge >= 0.3 is 11.9 Å². The van der Waals surface area contributed by atoms with Crippen LogP contribution in [0.1, 0.15) is 142 Å². The number of allylic oxidation sites excluding steroid dienone is 12. The Morgan fingerprint density at radius 2 is 0.938 bits per heavy atom. The van der Waals surface area contributed by atoms with Crippen molar-refractivity contribution < 1.29 is 73.8 Å². The minimum absolute atomic E-state index is 0.127. The van der Waals surface area contributed by atoms with Crippen LogP contribution in [-0.4, -0.2) is 129 Å². The van der Waals surface area contributed by atoms with Crippen LogP contribution < -0.4 is 0 Å². The first-order valence-electron chi connectivity index (χ1n) is 23.6. The summed E-state index contributed by atoms with van der Waals surface area (Å²) in [5.74, 6) is -1.00. The molecular formula is C49H80O15. The maximum Gasteiger partial charge on any atom is 0.306 e. The van der Waals surface area contributed by atoms with Crippen molar-refractivity contribution in [3.05, 3.63) is 72.9 Å². The highest BCUT2D eigenvalue weighted by atomic mass is 16.8. The summed E-state index contributed by atoms with van der Waals surface area (Å²) in [5.41, 5.74) is 0. The highest BCUT2D eigenvalue weighted by Gasteiger charge is 2.50. The first kappa shape index (κ1) is 57.1. The summed E-state index contributed by atoms with van der Waals surface area (Å²) < 4.78 is 32.3. The van der Waals surface area contributed by atoms with E-state index in [2.05, 4.69) is 86.8 Å². The van der Waals surface area contributed by atoms with Crippen LogP contribution >= 0.6 is 0 Å². The van der Waals surface area contributed by atoms with Gasteiger partial charge in [-0.05, 0) is 77.0 Å². The van der Waals surface area contributed by atoms with Gasteiger partial charge in [0.25, 0.3) is 0 Å². The van der Waals surface area contributed by atoms with Crippen LogP contribution in [0.3, 0.4) is 0 Å². The topological polar surface area (TPSA) is 231 Å². The predicted octanol–water partition coefficient (Wildman–Crippen LogP) is 6.18. The second kappa shape index (κ2) is 36.1. The molecular weight excluding hydrogens is 829 g/mol. The van der Waals surface area contributed by atoms with E-state index >= 15 is 0 Å². The number of ether oxygens (including phenoxy) is 6. The van der Waals surface area contributed by atoms with E-state index in [0.29, 0.717) is 12.8 Å². The summed E-state index contributed by atoms with van der Waals surface area (Å²) in [5, 5.41) is 71.9. The maximum absolute atomic E-state index is 12.9. The Morgan fingerprint density at radius 1 is 0.484 bits per heavy atom. The van der Waals surface area contributed by atoms with E-state index in [0.717, 1.165) is 103 Å². The first-order chi connectivity index (χ1) is 31.0. The van der Waals surface area contributed by atoms with Gasteiger partial charge in [0.2, 0.25) is 0 Å². The van der Waals surface area contributed by atoms with Crippen LogP contribution in [0.5, 0.6) is 0 Å². The lowest BCUT2D eigenvalue weighted by Crippen LogP contribution is -2.64. The normalized spacial score (nSPS) is 27.3. The van der Waals surface area contributed by atoms with Crippen LogP contribution in [0.2, 0.25) is 0 Å². The van der Waals surface area contributed by atoms with Gasteiger partial charge in [-0.2, -0.15) is 0 Å². The lowest BCUT2D eigenvalue weighted by molar-refractivity contribution is -0.396. The van der Waals surface area contributed by atoms with Crippen molar-refractivity contribution in [2.75, 3.05) is 13.2 Å². The zero-order chi connectivity index (χ0) is 46.8. The summed E-state index contributed by atoms with van der Waals surface area (Å²) in [6.07, 6.45) is 23.7. The number of aliphatic hydroxyl groups is 7. The third kappa shape index (κ3) is 25.0. The zero-order valence-electron chi connectivity index (χ0n) is 38.2. The number of aliphatic hydroxyl groups excluding tert-OH is 7. The largest absolute Gasteiger partial charge is 0.462 e. The van der Waals surface area contributed by atoms with E-state index < -0.39 is 86.4 Å². The van der Waals surface area contributed by atoms with Crippen LogP contribution in [0.15, 0.2) is 72.9 Å². The number of hydrogen-bond acceptors (Lipinski definition) is 15. The molecule has 0 saturated carbocycles. The molecule has 0 aliphatic carbocycles. The molecule has 0 aromatic carbocycles. The van der Waals surface area contributed by atoms with Gasteiger partial charge in [-0.25, -0.2) is 0 Å². The summed E-state index contributed by atoms with van der Waals surface area (Å²) in [6.45, 7) is 3.46. The molecule has 15 nitrogen and oxygen atoms in total. The fraction of sp³-hybridized carbons (Fsp3) is 0.714. The Morgan fingerprint density at radius 3 is 1.48 bits per heavy atom. The molecule has 0 bridgehead atoms. The maximum atomic E-state index is 12.9. The standard InChI is InChI=1S/C49H80O15/c1-3-5-7-9-11-13-15-17-19-21-23-25-27-29-31-33-38(50)59-35-37(61-39(51)34-32-30-28-26-24-22-20-18-16-14-12-10-8-6-4-2)36-60-48-44(56)41(53)45(47(58)64-48)62-49-43(55)40(52)42(54)46(57)63-49/h5-8,11-14,17-20,37,40-49,52-58H,3-4,9-10,15-16,21-36H2,1-2H3. The van der Waals surface area contributed by atoms with E-state index in [1.807, 2.05) is 0 Å². The average molecular weight is 909 g/mol. The number of rotatable bonds is 34. The summed E-state index contributed by atoms with van der Waals surface area (Å²) in [6, 6.07) is 0. The third-order valence-electron chi connectivity index (χ3n) is 10.6. The summed E-state index contributed by atoms with van der Waals surface area (Å²) in [7, 11) is 0. The molecule has 7 N–H and O–H groups in total. The second-order valence-corrected chi connectivity index (χ2v) is 16.2. The molecule has 0 aromatic heterocycles. The molecule has 0 aromatic rings. The summed E-state index contributed by atoms with van der Waals surface area (Å²) in [4.78, 5) is 25.6. The number of unbranched alkanes of at least 4 members (excludes halogenated alkanes) is 10. The molecule has 2 fully saturated rings. The molecule has 2 rings (SSSR count). The first-order valence-corrected chi connectivity index (χ1v) is 23.6. The Labute approximate surface area is 381 Å².